The van der Waals surface area contributed by atoms with Crippen LogP contribution in [0.1, 0.15) is 63.0 Å². The number of hydrogen-bond donors (Lipinski definition) is 4. The Hall–Kier alpha value is -5.82. The molecule has 4 N–H and O–H groups in total. The molecule has 15 nitrogen and oxygen atoms in total. The van der Waals surface area contributed by atoms with Crippen molar-refractivity contribution in [2.75, 3.05) is 31.6 Å². The lowest BCUT2D eigenvalue weighted by Gasteiger charge is -2.39. The quantitative estimate of drug-likeness (QED) is 0.253. The highest BCUT2D eigenvalue weighted by atomic mass is 19.4. The Morgan fingerprint density at radius 1 is 0.797 bits per heavy atom. The number of piperidine rings is 1. The predicted molar refractivity (Wildman–Crippen MR) is 197 cm³/mol. The van der Waals surface area contributed by atoms with Crippen molar-refractivity contribution >= 4 is 47.2 Å². The highest BCUT2D eigenvalue weighted by Crippen LogP contribution is 2.30. The van der Waals surface area contributed by atoms with Crippen LogP contribution in [0, 0.1) is 11.6 Å². The summed E-state index contributed by atoms with van der Waals surface area (Å²) in [4.78, 5) is 100. The molecule has 4 aliphatic heterocycles. The van der Waals surface area contributed by atoms with Gasteiger partial charge in [-0.25, -0.2) is 18.4 Å². The first-order chi connectivity index (χ1) is 28.0. The number of fused-ring (bicyclic) bond motifs is 3. The molecule has 318 valence electrons. The summed E-state index contributed by atoms with van der Waals surface area (Å²) in [6.07, 6.45) is -2.46. The van der Waals surface area contributed by atoms with Crippen LogP contribution in [-0.4, -0.2) is 119 Å². The molecule has 0 aromatic heterocycles. The molecule has 0 radical (unpaired) electrons. The lowest BCUT2D eigenvalue weighted by molar-refractivity contribution is -0.158. The number of cyclic esters (lactones) is 1. The van der Waals surface area contributed by atoms with Crippen molar-refractivity contribution in [3.63, 3.8) is 0 Å². The van der Waals surface area contributed by atoms with E-state index in [0.29, 0.717) is 38.2 Å². The van der Waals surface area contributed by atoms with E-state index in [1.807, 2.05) is 0 Å². The number of carbonyl (C=O) groups excluding carboxylic acids is 7. The van der Waals surface area contributed by atoms with E-state index in [9.17, 15) is 55.5 Å². The fourth-order valence-electron chi connectivity index (χ4n) is 7.99. The Morgan fingerprint density at radius 2 is 1.39 bits per heavy atom. The first-order valence-corrected chi connectivity index (χ1v) is 19.4. The first kappa shape index (κ1) is 42.8. The summed E-state index contributed by atoms with van der Waals surface area (Å²) >= 11 is 0. The molecule has 2 aromatic rings. The van der Waals surface area contributed by atoms with Gasteiger partial charge >= 0.3 is 18.2 Å². The number of halogens is 5. The number of amides is 7. The summed E-state index contributed by atoms with van der Waals surface area (Å²) in [5.74, 6) is -6.46. The summed E-state index contributed by atoms with van der Waals surface area (Å²) in [5, 5.41) is 9.80. The van der Waals surface area contributed by atoms with Crippen molar-refractivity contribution in [2.24, 2.45) is 0 Å². The number of rotatable bonds is 6. The number of alkyl halides is 3. The minimum absolute atomic E-state index is 0.0575. The normalized spacial score (nSPS) is 25.0. The van der Waals surface area contributed by atoms with Gasteiger partial charge in [0.15, 0.2) is 0 Å². The van der Waals surface area contributed by atoms with Crippen LogP contribution in [0.5, 0.6) is 0 Å². The number of anilines is 1. The predicted octanol–water partition coefficient (Wildman–Crippen LogP) is 2.63. The molecule has 4 fully saturated rings. The number of nitrogens with zero attached hydrogens (tertiary/aromatic N) is 3. The number of carbonyl (C=O) groups is 7. The number of nitrogens with one attached hydrogen (secondary N) is 4. The standard InChI is InChI=1S/C39H44F5N7O8/c1-21-34(54)51-15-5-8-31(51)37(57)59-20-28(35(55)50-14-4-7-30(50)36(56)49-13-3-2-6-29(49)33(53)45-21)47-32(52)27(18-22-16-24(40)19-25(41)17-22)48-38(58)46-26-11-9-23(10-12-26)39(42,43)44/h9-12,16-17,19,21,27-31H,2-8,13-15,18,20H2,1H3,(H,45,53)(H,47,52)(H2,46,48,58)/t21-,27-,28-,29-,30-,31-/m0/s1. The molecule has 0 unspecified atom stereocenters. The van der Waals surface area contributed by atoms with Crippen LogP contribution in [0.4, 0.5) is 32.4 Å². The van der Waals surface area contributed by atoms with E-state index in [1.165, 1.54) is 21.6 Å². The lowest BCUT2D eigenvalue weighted by atomic mass is 9.99. The van der Waals surface area contributed by atoms with Gasteiger partial charge in [0, 0.05) is 37.8 Å². The van der Waals surface area contributed by atoms with Crippen LogP contribution < -0.4 is 21.3 Å². The Bertz CT molecular complexity index is 1950. The minimum Gasteiger partial charge on any atom is -0.461 e. The van der Waals surface area contributed by atoms with Gasteiger partial charge < -0.3 is 40.7 Å². The van der Waals surface area contributed by atoms with Crippen molar-refractivity contribution in [2.45, 2.75) is 101 Å². The van der Waals surface area contributed by atoms with Crippen molar-refractivity contribution in [3.8, 4) is 0 Å². The highest BCUT2D eigenvalue weighted by Gasteiger charge is 2.45. The highest BCUT2D eigenvalue weighted by molar-refractivity contribution is 5.98. The molecule has 0 aliphatic carbocycles. The van der Waals surface area contributed by atoms with E-state index in [1.54, 1.807) is 0 Å². The Kier molecular flexibility index (Phi) is 13.0. The Morgan fingerprint density at radius 3 is 2.05 bits per heavy atom. The summed E-state index contributed by atoms with van der Waals surface area (Å²) in [5.41, 5.74) is -1.18. The smallest absolute Gasteiger partial charge is 0.416 e. The third-order valence-electron chi connectivity index (χ3n) is 10.9. The van der Waals surface area contributed by atoms with E-state index in [4.69, 9.17) is 4.74 Å². The monoisotopic (exact) mass is 833 g/mol. The number of ether oxygens (including phenoxy) is 1. The molecule has 0 bridgehead atoms. The second-order valence-electron chi connectivity index (χ2n) is 15.1. The summed E-state index contributed by atoms with van der Waals surface area (Å²) < 4.78 is 73.4. The van der Waals surface area contributed by atoms with Crippen LogP contribution in [-0.2, 0) is 46.1 Å². The average Bonchev–Trinajstić information content (AvgIpc) is 3.88. The topological polar surface area (TPSA) is 187 Å². The molecule has 4 aliphatic rings. The minimum atomic E-state index is -4.65. The molecular weight excluding hydrogens is 789 g/mol. The largest absolute Gasteiger partial charge is 0.461 e. The van der Waals surface area contributed by atoms with Crippen molar-refractivity contribution < 1.29 is 60.3 Å². The van der Waals surface area contributed by atoms with E-state index in [-0.39, 0.29) is 43.7 Å². The molecule has 59 heavy (non-hydrogen) atoms. The second kappa shape index (κ2) is 18.0. The van der Waals surface area contributed by atoms with Gasteiger partial charge in [-0.2, -0.15) is 13.2 Å². The van der Waals surface area contributed by atoms with Gasteiger partial charge in [0.2, 0.25) is 29.5 Å². The summed E-state index contributed by atoms with van der Waals surface area (Å²) in [6, 6.07) is -2.85. The molecule has 6 rings (SSSR count). The SMILES string of the molecule is C[C@@H]1NC(=O)[C@@H]2CCCCN2C(=O)[C@@H]2CCCN2C(=O)[C@@H](NC(=O)[C@H](Cc2cc(F)cc(F)c2)NC(=O)Nc2ccc(C(F)(F)F)cc2)COC(=O)[C@@H]2CCCN2C1=O. The van der Waals surface area contributed by atoms with E-state index < -0.39 is 114 Å². The van der Waals surface area contributed by atoms with Gasteiger partial charge in [0.25, 0.3) is 0 Å². The third kappa shape index (κ3) is 10.1. The van der Waals surface area contributed by atoms with E-state index >= 15 is 0 Å². The fourth-order valence-corrected chi connectivity index (χ4v) is 7.99. The van der Waals surface area contributed by atoms with E-state index in [0.717, 1.165) is 36.4 Å². The maximum atomic E-state index is 14.4. The first-order valence-electron chi connectivity index (χ1n) is 19.4. The number of benzene rings is 2. The van der Waals surface area contributed by atoms with Gasteiger partial charge in [-0.15, -0.1) is 0 Å². The molecule has 2 aromatic carbocycles. The van der Waals surface area contributed by atoms with Crippen LogP contribution in [0.3, 0.4) is 0 Å². The molecule has 4 saturated heterocycles. The van der Waals surface area contributed by atoms with Gasteiger partial charge in [-0.1, -0.05) is 0 Å². The van der Waals surface area contributed by atoms with Crippen molar-refractivity contribution in [1.82, 2.24) is 30.7 Å². The maximum absolute atomic E-state index is 14.4. The van der Waals surface area contributed by atoms with Gasteiger partial charge in [0.05, 0.1) is 5.56 Å². The number of urea groups is 1. The fraction of sp³-hybridized carbons (Fsp3) is 0.513. The zero-order chi connectivity index (χ0) is 42.6. The van der Waals surface area contributed by atoms with Crippen LogP contribution in [0.25, 0.3) is 0 Å². The number of esters is 1. The van der Waals surface area contributed by atoms with Crippen LogP contribution >= 0.6 is 0 Å². The molecule has 7 amide bonds. The Balaban J connectivity index is 1.29. The molecular formula is C39H44F5N7O8. The summed E-state index contributed by atoms with van der Waals surface area (Å²) in [7, 11) is 0. The van der Waals surface area contributed by atoms with Crippen LogP contribution in [0.15, 0.2) is 42.5 Å². The maximum Gasteiger partial charge on any atom is 0.416 e. The molecule has 4 heterocycles. The van der Waals surface area contributed by atoms with Gasteiger partial charge in [-0.05, 0) is 93.8 Å². The zero-order valence-electron chi connectivity index (χ0n) is 32.0. The molecule has 0 spiro atoms. The molecule has 6 atom stereocenters. The Labute approximate surface area is 335 Å². The molecule has 20 heteroatoms. The summed E-state index contributed by atoms with van der Waals surface area (Å²) in [6.45, 7) is 1.14. The lowest BCUT2D eigenvalue weighted by Crippen LogP contribution is -2.62. The van der Waals surface area contributed by atoms with Crippen LogP contribution in [0.2, 0.25) is 0 Å². The van der Waals surface area contributed by atoms with Crippen molar-refractivity contribution in [1.29, 1.82) is 0 Å². The van der Waals surface area contributed by atoms with E-state index in [2.05, 4.69) is 21.3 Å². The zero-order valence-corrected chi connectivity index (χ0v) is 32.0. The van der Waals surface area contributed by atoms with Gasteiger partial charge in [-0.3, -0.25) is 24.0 Å². The third-order valence-corrected chi connectivity index (χ3v) is 10.9. The number of hydrogen-bond acceptors (Lipinski definition) is 8. The average molecular weight is 834 g/mol. The van der Waals surface area contributed by atoms with Gasteiger partial charge in [0.1, 0.15) is 54.5 Å². The van der Waals surface area contributed by atoms with Crippen molar-refractivity contribution in [3.05, 3.63) is 65.2 Å². The molecule has 0 saturated carbocycles. The second-order valence-corrected chi connectivity index (χ2v) is 15.1.